The Morgan fingerprint density at radius 3 is 2.03 bits per heavy atom. The summed E-state index contributed by atoms with van der Waals surface area (Å²) in [6, 6.07) is 7.33. The van der Waals surface area contributed by atoms with Crippen LogP contribution in [-0.2, 0) is 9.59 Å². The van der Waals surface area contributed by atoms with Gasteiger partial charge in [-0.2, -0.15) is 0 Å². The molecule has 0 spiro atoms. The summed E-state index contributed by atoms with van der Waals surface area (Å²) in [5.74, 6) is -0.230. The van der Waals surface area contributed by atoms with Crippen LogP contribution in [0.4, 0.5) is 0 Å². The van der Waals surface area contributed by atoms with Crippen molar-refractivity contribution in [3.05, 3.63) is 40.5 Å². The number of imide groups is 1. The van der Waals surface area contributed by atoms with E-state index in [1.54, 1.807) is 17.0 Å². The minimum atomic E-state index is -0.128. The SMILES string of the molecule is CN1CCN(C2=C(c3ccc(Cl)cc3)C(=O)N(C3CCCCCCC3)C2=O)CC1. The van der Waals surface area contributed by atoms with Crippen molar-refractivity contribution in [3.8, 4) is 0 Å². The first kappa shape index (κ1) is 20.4. The molecule has 2 fully saturated rings. The maximum atomic E-state index is 13.6. The van der Waals surface area contributed by atoms with Gasteiger partial charge in [-0.05, 0) is 37.6 Å². The van der Waals surface area contributed by atoms with E-state index in [1.165, 1.54) is 19.3 Å². The van der Waals surface area contributed by atoms with Crippen molar-refractivity contribution >= 4 is 29.0 Å². The number of likely N-dealkylation sites (N-methyl/N-ethyl adjacent to an activating group) is 1. The van der Waals surface area contributed by atoms with E-state index in [0.717, 1.165) is 57.4 Å². The molecule has 5 nitrogen and oxygen atoms in total. The van der Waals surface area contributed by atoms with Crippen LogP contribution in [0.25, 0.3) is 5.57 Å². The number of rotatable bonds is 3. The van der Waals surface area contributed by atoms with Crippen molar-refractivity contribution in [3.63, 3.8) is 0 Å². The van der Waals surface area contributed by atoms with Crippen LogP contribution >= 0.6 is 11.6 Å². The third kappa shape index (κ3) is 4.22. The summed E-state index contributed by atoms with van der Waals surface area (Å²) >= 11 is 6.07. The number of halogens is 1. The van der Waals surface area contributed by atoms with Crippen molar-refractivity contribution in [2.24, 2.45) is 0 Å². The molecule has 156 valence electrons. The van der Waals surface area contributed by atoms with E-state index in [4.69, 9.17) is 11.6 Å². The summed E-state index contributed by atoms with van der Waals surface area (Å²) in [6.45, 7) is 3.31. The molecule has 0 unspecified atom stereocenters. The van der Waals surface area contributed by atoms with Crippen molar-refractivity contribution in [1.29, 1.82) is 0 Å². The third-order valence-electron chi connectivity index (χ3n) is 6.48. The van der Waals surface area contributed by atoms with E-state index in [1.807, 2.05) is 12.1 Å². The summed E-state index contributed by atoms with van der Waals surface area (Å²) in [5, 5.41) is 0.629. The number of carbonyl (C=O) groups is 2. The molecule has 1 aromatic carbocycles. The predicted octanol–water partition coefficient (Wildman–Crippen LogP) is 3.78. The number of hydrogen-bond acceptors (Lipinski definition) is 4. The van der Waals surface area contributed by atoms with E-state index < -0.39 is 0 Å². The summed E-state index contributed by atoms with van der Waals surface area (Å²) < 4.78 is 0. The first-order valence-corrected chi connectivity index (χ1v) is 11.3. The van der Waals surface area contributed by atoms with Gasteiger partial charge in [0.05, 0.1) is 5.57 Å². The van der Waals surface area contributed by atoms with Crippen LogP contribution in [0.2, 0.25) is 5.02 Å². The van der Waals surface area contributed by atoms with Crippen molar-refractivity contribution in [1.82, 2.24) is 14.7 Å². The first-order valence-electron chi connectivity index (χ1n) is 10.9. The zero-order valence-corrected chi connectivity index (χ0v) is 18.0. The third-order valence-corrected chi connectivity index (χ3v) is 6.74. The van der Waals surface area contributed by atoms with Gasteiger partial charge in [0.15, 0.2) is 0 Å². The highest BCUT2D eigenvalue weighted by molar-refractivity contribution is 6.36. The van der Waals surface area contributed by atoms with Gasteiger partial charge in [0.2, 0.25) is 0 Å². The van der Waals surface area contributed by atoms with E-state index in [9.17, 15) is 9.59 Å². The Hall–Kier alpha value is -1.85. The molecule has 2 amide bonds. The van der Waals surface area contributed by atoms with Gasteiger partial charge >= 0.3 is 0 Å². The van der Waals surface area contributed by atoms with Gasteiger partial charge in [0, 0.05) is 37.2 Å². The molecule has 4 rings (SSSR count). The zero-order chi connectivity index (χ0) is 20.4. The second-order valence-electron chi connectivity index (χ2n) is 8.50. The lowest BCUT2D eigenvalue weighted by molar-refractivity contribution is -0.140. The molecular formula is C23H30ClN3O2. The predicted molar refractivity (Wildman–Crippen MR) is 115 cm³/mol. The number of nitrogens with zero attached hydrogens (tertiary/aromatic N) is 3. The van der Waals surface area contributed by atoms with Crippen LogP contribution in [0.5, 0.6) is 0 Å². The Bertz CT molecular complexity index is 789. The Kier molecular flexibility index (Phi) is 6.26. The highest BCUT2D eigenvalue weighted by Gasteiger charge is 2.44. The number of carbonyl (C=O) groups excluding carboxylic acids is 2. The van der Waals surface area contributed by atoms with Crippen molar-refractivity contribution in [2.75, 3.05) is 33.2 Å². The molecule has 1 aliphatic carbocycles. The Balaban J connectivity index is 1.70. The molecule has 1 saturated heterocycles. The van der Waals surface area contributed by atoms with E-state index in [2.05, 4.69) is 16.8 Å². The van der Waals surface area contributed by atoms with Gasteiger partial charge in [0.25, 0.3) is 11.8 Å². The van der Waals surface area contributed by atoms with Gasteiger partial charge in [-0.3, -0.25) is 14.5 Å². The molecule has 0 atom stereocenters. The maximum Gasteiger partial charge on any atom is 0.278 e. The molecular weight excluding hydrogens is 386 g/mol. The van der Waals surface area contributed by atoms with Gasteiger partial charge in [0.1, 0.15) is 5.70 Å². The average molecular weight is 416 g/mol. The lowest BCUT2D eigenvalue weighted by Crippen LogP contribution is -2.47. The Morgan fingerprint density at radius 2 is 1.41 bits per heavy atom. The minimum Gasteiger partial charge on any atom is -0.364 e. The molecule has 0 radical (unpaired) electrons. The fraction of sp³-hybridized carbons (Fsp3) is 0.565. The Morgan fingerprint density at radius 1 is 0.828 bits per heavy atom. The topological polar surface area (TPSA) is 43.9 Å². The second-order valence-corrected chi connectivity index (χ2v) is 8.94. The van der Waals surface area contributed by atoms with Gasteiger partial charge in [-0.25, -0.2) is 0 Å². The van der Waals surface area contributed by atoms with Crippen molar-refractivity contribution in [2.45, 2.75) is 51.0 Å². The maximum absolute atomic E-state index is 13.6. The van der Waals surface area contributed by atoms with Gasteiger partial charge in [-0.1, -0.05) is 55.8 Å². The summed E-state index contributed by atoms with van der Waals surface area (Å²) in [4.78, 5) is 33.2. The van der Waals surface area contributed by atoms with Crippen LogP contribution in [0, 0.1) is 0 Å². The van der Waals surface area contributed by atoms with E-state index >= 15 is 0 Å². The molecule has 0 aromatic heterocycles. The van der Waals surface area contributed by atoms with Gasteiger partial charge in [-0.15, -0.1) is 0 Å². The van der Waals surface area contributed by atoms with Crippen LogP contribution in [0.15, 0.2) is 30.0 Å². The average Bonchev–Trinajstić information content (AvgIpc) is 2.94. The highest BCUT2D eigenvalue weighted by atomic mass is 35.5. The molecule has 1 saturated carbocycles. The first-order chi connectivity index (χ1) is 14.1. The normalized spacial score (nSPS) is 23.0. The Labute approximate surface area is 178 Å². The molecule has 6 heteroatoms. The standard InChI is InChI=1S/C23H30ClN3O2/c1-25-13-15-26(16-14-25)21-20(17-9-11-18(24)12-10-17)22(28)27(23(21)29)19-7-5-3-2-4-6-8-19/h9-12,19H,2-8,13-16H2,1H3. The number of hydrogen-bond donors (Lipinski definition) is 0. The fourth-order valence-corrected chi connectivity index (χ4v) is 4.89. The zero-order valence-electron chi connectivity index (χ0n) is 17.2. The van der Waals surface area contributed by atoms with Gasteiger partial charge < -0.3 is 9.80 Å². The van der Waals surface area contributed by atoms with E-state index in [-0.39, 0.29) is 17.9 Å². The molecule has 0 bridgehead atoms. The number of amides is 2. The quantitative estimate of drug-likeness (QED) is 0.704. The van der Waals surface area contributed by atoms with Crippen LogP contribution in [0.3, 0.4) is 0 Å². The fourth-order valence-electron chi connectivity index (χ4n) is 4.76. The second kappa shape index (κ2) is 8.88. The van der Waals surface area contributed by atoms with Crippen LogP contribution in [0.1, 0.15) is 50.5 Å². The summed E-state index contributed by atoms with van der Waals surface area (Å²) in [5.41, 5.74) is 1.93. The molecule has 2 heterocycles. The molecule has 1 aromatic rings. The monoisotopic (exact) mass is 415 g/mol. The number of benzene rings is 1. The molecule has 0 N–H and O–H groups in total. The largest absolute Gasteiger partial charge is 0.364 e. The molecule has 3 aliphatic rings. The number of piperazine rings is 1. The smallest absolute Gasteiger partial charge is 0.278 e. The molecule has 2 aliphatic heterocycles. The highest BCUT2D eigenvalue weighted by Crippen LogP contribution is 2.36. The summed E-state index contributed by atoms with van der Waals surface area (Å²) in [6.07, 6.45) is 7.65. The molecule has 29 heavy (non-hydrogen) atoms. The lowest BCUT2D eigenvalue weighted by atomic mass is 9.95. The van der Waals surface area contributed by atoms with Crippen molar-refractivity contribution < 1.29 is 9.59 Å². The lowest BCUT2D eigenvalue weighted by Gasteiger charge is -2.35. The van der Waals surface area contributed by atoms with E-state index in [0.29, 0.717) is 16.3 Å². The minimum absolute atomic E-state index is 0.0163. The summed E-state index contributed by atoms with van der Waals surface area (Å²) in [7, 11) is 2.09. The van der Waals surface area contributed by atoms with Crippen LogP contribution < -0.4 is 0 Å². The van der Waals surface area contributed by atoms with Crippen LogP contribution in [-0.4, -0.2) is 65.8 Å².